The molecule has 158 valence electrons. The van der Waals surface area contributed by atoms with Gasteiger partial charge in [-0.1, -0.05) is 29.8 Å². The third kappa shape index (κ3) is 4.67. The summed E-state index contributed by atoms with van der Waals surface area (Å²) in [4.78, 5) is 17.3. The fourth-order valence-corrected chi connectivity index (χ4v) is 3.45. The van der Waals surface area contributed by atoms with Gasteiger partial charge in [-0.25, -0.2) is 0 Å². The zero-order valence-corrected chi connectivity index (χ0v) is 18.1. The van der Waals surface area contributed by atoms with Crippen LogP contribution in [0.4, 0.5) is 5.69 Å². The number of aliphatic imine (C=N–C) groups is 1. The van der Waals surface area contributed by atoms with Crippen LogP contribution in [0.2, 0.25) is 0 Å². The van der Waals surface area contributed by atoms with Crippen LogP contribution in [0.25, 0.3) is 0 Å². The van der Waals surface area contributed by atoms with Crippen molar-refractivity contribution in [1.29, 1.82) is 5.26 Å². The minimum absolute atomic E-state index is 0.00890. The number of aryl methyl sites for hydroxylation is 3. The first-order chi connectivity index (χ1) is 14.8. The van der Waals surface area contributed by atoms with Crippen LogP contribution in [-0.2, 0) is 13.0 Å². The molecular weight excluding hydrogens is 390 g/mol. The molecule has 0 fully saturated rings. The molecule has 0 saturated carbocycles. The van der Waals surface area contributed by atoms with Gasteiger partial charge in [0.2, 0.25) is 5.88 Å². The molecule has 0 aliphatic carbocycles. The molecule has 0 bridgehead atoms. The quantitative estimate of drug-likeness (QED) is 0.606. The Morgan fingerprint density at radius 1 is 1.16 bits per heavy atom. The zero-order chi connectivity index (χ0) is 22.5. The van der Waals surface area contributed by atoms with E-state index in [9.17, 15) is 15.2 Å². The first-order valence-corrected chi connectivity index (χ1v) is 9.96. The fourth-order valence-electron chi connectivity index (χ4n) is 3.45. The molecule has 6 heteroatoms. The Hall–Kier alpha value is -3.85. The minimum Gasteiger partial charge on any atom is -0.497 e. The first-order valence-electron chi connectivity index (χ1n) is 9.96. The summed E-state index contributed by atoms with van der Waals surface area (Å²) in [6.07, 6.45) is 2.03. The smallest absolute Gasteiger partial charge is 0.271 e. The van der Waals surface area contributed by atoms with Crippen LogP contribution in [0.15, 0.2) is 52.3 Å². The minimum atomic E-state index is -0.505. The van der Waals surface area contributed by atoms with E-state index < -0.39 is 5.56 Å². The molecule has 0 aliphatic heterocycles. The predicted octanol–water partition coefficient (Wildman–Crippen LogP) is 4.35. The van der Waals surface area contributed by atoms with E-state index in [-0.39, 0.29) is 18.0 Å². The third-order valence-corrected chi connectivity index (χ3v) is 5.31. The highest BCUT2D eigenvalue weighted by atomic mass is 16.5. The van der Waals surface area contributed by atoms with Crippen molar-refractivity contribution in [3.63, 3.8) is 0 Å². The van der Waals surface area contributed by atoms with Gasteiger partial charge in [-0.2, -0.15) is 5.26 Å². The van der Waals surface area contributed by atoms with Crippen molar-refractivity contribution in [2.75, 3.05) is 7.11 Å². The van der Waals surface area contributed by atoms with Crippen molar-refractivity contribution in [2.45, 2.75) is 33.7 Å². The van der Waals surface area contributed by atoms with E-state index in [4.69, 9.17) is 4.74 Å². The van der Waals surface area contributed by atoms with Crippen LogP contribution >= 0.6 is 0 Å². The normalized spacial score (nSPS) is 10.9. The van der Waals surface area contributed by atoms with E-state index in [1.54, 1.807) is 14.0 Å². The van der Waals surface area contributed by atoms with Gasteiger partial charge in [-0.05, 0) is 62.1 Å². The fraction of sp³-hybridized carbons (Fsp3) is 0.240. The van der Waals surface area contributed by atoms with Crippen molar-refractivity contribution in [1.82, 2.24) is 4.57 Å². The van der Waals surface area contributed by atoms with Crippen molar-refractivity contribution >= 4 is 11.9 Å². The maximum atomic E-state index is 12.8. The molecule has 0 spiro atoms. The van der Waals surface area contributed by atoms with Crippen LogP contribution < -0.4 is 10.3 Å². The van der Waals surface area contributed by atoms with Gasteiger partial charge in [-0.15, -0.1) is 0 Å². The van der Waals surface area contributed by atoms with Crippen LogP contribution in [0.1, 0.15) is 33.4 Å². The lowest BCUT2D eigenvalue weighted by atomic mass is 10.1. The number of methoxy groups -OCH3 is 1. The number of pyridine rings is 1. The second-order valence-corrected chi connectivity index (χ2v) is 7.45. The van der Waals surface area contributed by atoms with Crippen molar-refractivity contribution in [2.24, 2.45) is 4.99 Å². The number of rotatable bonds is 6. The van der Waals surface area contributed by atoms with Gasteiger partial charge in [0.25, 0.3) is 5.56 Å². The summed E-state index contributed by atoms with van der Waals surface area (Å²) in [7, 11) is 1.60. The standard InChI is InChI=1S/C25H25N3O3/c1-16-5-10-23(17(2)13-16)27-15-22-18(3)21(14-26)24(29)28(25(22)30)12-11-19-6-8-20(31-4)9-7-19/h5-10,13,15,30H,11-12H2,1-4H3. The molecule has 2 aromatic carbocycles. The molecule has 0 aliphatic rings. The van der Waals surface area contributed by atoms with Crippen LogP contribution in [-0.4, -0.2) is 23.0 Å². The van der Waals surface area contributed by atoms with Crippen molar-refractivity contribution in [3.05, 3.63) is 86.2 Å². The Kier molecular flexibility index (Phi) is 6.56. The summed E-state index contributed by atoms with van der Waals surface area (Å²) < 4.78 is 6.40. The molecular formula is C25H25N3O3. The summed E-state index contributed by atoms with van der Waals surface area (Å²) in [6.45, 7) is 5.85. The Bertz CT molecular complexity index is 1230. The van der Waals surface area contributed by atoms with E-state index in [0.29, 0.717) is 17.5 Å². The molecule has 3 aromatic rings. The predicted molar refractivity (Wildman–Crippen MR) is 122 cm³/mol. The molecule has 0 amide bonds. The first kappa shape index (κ1) is 21.8. The average Bonchev–Trinajstić information content (AvgIpc) is 2.75. The van der Waals surface area contributed by atoms with Crippen LogP contribution in [0.5, 0.6) is 11.6 Å². The van der Waals surface area contributed by atoms with E-state index in [1.807, 2.05) is 62.4 Å². The molecule has 6 nitrogen and oxygen atoms in total. The molecule has 0 radical (unpaired) electrons. The number of benzene rings is 2. The summed E-state index contributed by atoms with van der Waals surface area (Å²) in [5.41, 5.74) is 4.17. The number of aromatic nitrogens is 1. The molecule has 1 N–H and O–H groups in total. The monoisotopic (exact) mass is 415 g/mol. The van der Waals surface area contributed by atoms with Crippen molar-refractivity contribution in [3.8, 4) is 17.7 Å². The Balaban J connectivity index is 1.99. The van der Waals surface area contributed by atoms with Gasteiger partial charge in [0.1, 0.15) is 17.4 Å². The van der Waals surface area contributed by atoms with Gasteiger partial charge in [0, 0.05) is 12.8 Å². The van der Waals surface area contributed by atoms with Crippen LogP contribution in [0, 0.1) is 32.1 Å². The largest absolute Gasteiger partial charge is 0.497 e. The number of hydrogen-bond donors (Lipinski definition) is 1. The SMILES string of the molecule is COc1ccc(CCn2c(O)c(C=Nc3ccc(C)cc3C)c(C)c(C#N)c2=O)cc1. The maximum Gasteiger partial charge on any atom is 0.271 e. The highest BCUT2D eigenvalue weighted by molar-refractivity contribution is 5.87. The van der Waals surface area contributed by atoms with Gasteiger partial charge in [0.15, 0.2) is 0 Å². The zero-order valence-electron chi connectivity index (χ0n) is 18.1. The summed E-state index contributed by atoms with van der Waals surface area (Å²) in [5, 5.41) is 20.4. The number of aromatic hydroxyl groups is 1. The Labute approximate surface area is 181 Å². The van der Waals surface area contributed by atoms with Gasteiger partial charge in [-0.3, -0.25) is 14.4 Å². The molecule has 31 heavy (non-hydrogen) atoms. The number of hydrogen-bond acceptors (Lipinski definition) is 5. The van der Waals surface area contributed by atoms with E-state index >= 15 is 0 Å². The van der Waals surface area contributed by atoms with E-state index in [2.05, 4.69) is 4.99 Å². The van der Waals surface area contributed by atoms with Gasteiger partial charge in [0.05, 0.1) is 18.4 Å². The number of nitriles is 1. The van der Waals surface area contributed by atoms with Gasteiger partial charge >= 0.3 is 0 Å². The lowest BCUT2D eigenvalue weighted by molar-refractivity contribution is 0.404. The average molecular weight is 415 g/mol. The number of ether oxygens (including phenoxy) is 1. The Morgan fingerprint density at radius 2 is 1.87 bits per heavy atom. The highest BCUT2D eigenvalue weighted by Gasteiger charge is 2.18. The lowest BCUT2D eigenvalue weighted by Gasteiger charge is -2.14. The molecule has 0 unspecified atom stereocenters. The van der Waals surface area contributed by atoms with Crippen LogP contribution in [0.3, 0.4) is 0 Å². The van der Waals surface area contributed by atoms with E-state index in [0.717, 1.165) is 28.1 Å². The molecule has 0 atom stereocenters. The maximum absolute atomic E-state index is 12.8. The van der Waals surface area contributed by atoms with Gasteiger partial charge < -0.3 is 9.84 Å². The topological polar surface area (TPSA) is 87.6 Å². The second-order valence-electron chi connectivity index (χ2n) is 7.45. The molecule has 3 rings (SSSR count). The van der Waals surface area contributed by atoms with E-state index in [1.165, 1.54) is 10.8 Å². The molecule has 1 heterocycles. The molecule has 0 saturated heterocycles. The molecule has 1 aromatic heterocycles. The summed E-state index contributed by atoms with van der Waals surface area (Å²) in [6, 6.07) is 15.4. The summed E-state index contributed by atoms with van der Waals surface area (Å²) >= 11 is 0. The highest BCUT2D eigenvalue weighted by Crippen LogP contribution is 2.24. The summed E-state index contributed by atoms with van der Waals surface area (Å²) in [5.74, 6) is 0.555. The lowest BCUT2D eigenvalue weighted by Crippen LogP contribution is -2.26. The third-order valence-electron chi connectivity index (χ3n) is 5.31. The second kappa shape index (κ2) is 9.31. The number of nitrogens with zero attached hydrogens (tertiary/aromatic N) is 3. The van der Waals surface area contributed by atoms with Crippen molar-refractivity contribution < 1.29 is 9.84 Å². The Morgan fingerprint density at radius 3 is 2.48 bits per heavy atom.